The summed E-state index contributed by atoms with van der Waals surface area (Å²) >= 11 is 0. The van der Waals surface area contributed by atoms with Gasteiger partial charge in [0.1, 0.15) is 0 Å². The van der Waals surface area contributed by atoms with Crippen molar-refractivity contribution in [1.29, 1.82) is 0 Å². The summed E-state index contributed by atoms with van der Waals surface area (Å²) in [7, 11) is -3.36. The molecule has 8 heteroatoms. The van der Waals surface area contributed by atoms with E-state index in [0.717, 1.165) is 0 Å². The molecule has 0 amide bonds. The van der Waals surface area contributed by atoms with E-state index < -0.39 is 10.3 Å². The maximum atomic E-state index is 10.6. The van der Waals surface area contributed by atoms with Gasteiger partial charge >= 0.3 is 39.9 Å². The number of nitrogens with zero attached hydrogens (tertiary/aromatic N) is 2. The maximum Gasteiger partial charge on any atom is 1.00 e. The first-order valence-corrected chi connectivity index (χ1v) is 4.96. The van der Waals surface area contributed by atoms with Crippen molar-refractivity contribution < 1.29 is 52.8 Å². The summed E-state index contributed by atoms with van der Waals surface area (Å²) in [6.45, 7) is 0. The first kappa shape index (κ1) is 14.5. The second-order valence-corrected chi connectivity index (χ2v) is 3.63. The molecule has 0 fully saturated rings. The summed E-state index contributed by atoms with van der Waals surface area (Å²) in [4.78, 5) is 0. The Morgan fingerprint density at radius 3 is 2.47 bits per heavy atom. The Kier molecular flexibility index (Phi) is 5.39. The van der Waals surface area contributed by atoms with Gasteiger partial charge in [-0.15, -0.1) is 12.5 Å². The number of para-hydroxylation sites is 2. The van der Waals surface area contributed by atoms with Crippen LogP contribution in [0, 0.1) is 0 Å². The maximum absolute atomic E-state index is 10.6. The van der Waals surface area contributed by atoms with Crippen LogP contribution in [0.2, 0.25) is 0 Å². The number of ether oxygens (including phenoxy) is 1. The molecule has 15 heavy (non-hydrogen) atoms. The molecule has 0 aliphatic rings. The van der Waals surface area contributed by atoms with E-state index >= 15 is 0 Å². The average Bonchev–Trinajstić information content (AvgIpc) is 2.15. The predicted molar refractivity (Wildman–Crippen MR) is 48.9 cm³/mol. The molecule has 0 saturated carbocycles. The number of benzene rings is 1. The van der Waals surface area contributed by atoms with Gasteiger partial charge in [-0.3, -0.25) is 0 Å². The van der Waals surface area contributed by atoms with Gasteiger partial charge in [-0.1, -0.05) is 12.1 Å². The van der Waals surface area contributed by atoms with Crippen LogP contribution in [0.15, 0.2) is 24.3 Å². The summed E-state index contributed by atoms with van der Waals surface area (Å²) in [5.74, 6) is 0.132. The van der Waals surface area contributed by atoms with E-state index in [1.54, 1.807) is 6.07 Å². The quantitative estimate of drug-likeness (QED) is 0.294. The van der Waals surface area contributed by atoms with Crippen molar-refractivity contribution in [2.45, 2.75) is 0 Å². The normalized spacial score (nSPS) is 10.3. The Morgan fingerprint density at radius 1 is 1.47 bits per heavy atom. The molecule has 78 valence electrons. The van der Waals surface area contributed by atoms with Crippen molar-refractivity contribution in [3.8, 4) is 5.75 Å². The minimum absolute atomic E-state index is 0. The standard InChI is InChI=1S/C7H8N2O4S.Na.H/c1-13-7-5-3-2-4-6(7)9(8)14(10,11)12;;/h2-5H,1H3,(H,10,11,12);;/q;+1;-1. The SMILES string of the molecule is COc1ccccc1[N+](=[N-])S(=O)(=O)O.[H-].[Na+]. The Hall–Kier alpha value is -0.470. The number of hydrogen-bond acceptors (Lipinski definition) is 3. The summed E-state index contributed by atoms with van der Waals surface area (Å²) in [6, 6.07) is 5.82. The third-order valence-electron chi connectivity index (χ3n) is 1.51. The van der Waals surface area contributed by atoms with E-state index in [2.05, 4.69) is 0 Å². The number of hydrogen-bond donors (Lipinski definition) is 1. The molecule has 1 aromatic carbocycles. The zero-order valence-electron chi connectivity index (χ0n) is 9.28. The van der Waals surface area contributed by atoms with E-state index in [-0.39, 0.29) is 46.5 Å². The Balaban J connectivity index is 0. The fraction of sp³-hybridized carbons (Fsp3) is 0.143. The summed E-state index contributed by atoms with van der Waals surface area (Å²) < 4.78 is 34.2. The van der Waals surface area contributed by atoms with Crippen LogP contribution >= 0.6 is 0 Å². The second-order valence-electron chi connectivity index (χ2n) is 2.39. The van der Waals surface area contributed by atoms with Gasteiger partial charge < -0.3 is 11.7 Å². The molecule has 0 saturated heterocycles. The molecule has 1 rings (SSSR count). The molecule has 0 atom stereocenters. The fourth-order valence-electron chi connectivity index (χ4n) is 0.912. The predicted octanol–water partition coefficient (Wildman–Crippen LogP) is -1.72. The monoisotopic (exact) mass is 240 g/mol. The van der Waals surface area contributed by atoms with Crippen LogP contribution in [0.1, 0.15) is 1.43 Å². The molecule has 1 aromatic rings. The minimum atomic E-state index is -4.68. The largest absolute Gasteiger partial charge is 1.00 e. The van der Waals surface area contributed by atoms with Gasteiger partial charge in [-0.05, 0) is 6.07 Å². The zero-order valence-corrected chi connectivity index (χ0v) is 11.1. The number of rotatable bonds is 3. The van der Waals surface area contributed by atoms with Crippen molar-refractivity contribution in [1.82, 2.24) is 0 Å². The van der Waals surface area contributed by atoms with Crippen molar-refractivity contribution in [3.05, 3.63) is 29.8 Å². The molecule has 0 aromatic heterocycles. The molecule has 0 radical (unpaired) electrons. The van der Waals surface area contributed by atoms with Gasteiger partial charge in [0, 0.05) is 6.07 Å². The van der Waals surface area contributed by atoms with E-state index in [1.807, 2.05) is 0 Å². The zero-order chi connectivity index (χ0) is 10.8. The van der Waals surface area contributed by atoms with Gasteiger partial charge in [0.15, 0.2) is 5.75 Å². The minimum Gasteiger partial charge on any atom is -1.00 e. The van der Waals surface area contributed by atoms with Gasteiger partial charge in [-0.2, -0.15) is 0 Å². The van der Waals surface area contributed by atoms with Gasteiger partial charge in [-0.25, -0.2) is 4.55 Å². The molecule has 6 nitrogen and oxygen atoms in total. The molecule has 0 spiro atoms. The fourth-order valence-corrected chi connectivity index (χ4v) is 1.31. The third kappa shape index (κ3) is 3.54. The van der Waals surface area contributed by atoms with E-state index in [0.29, 0.717) is 0 Å². The Morgan fingerprint density at radius 2 is 2.00 bits per heavy atom. The van der Waals surface area contributed by atoms with Crippen molar-refractivity contribution in [2.24, 2.45) is 0 Å². The molecule has 0 heterocycles. The second kappa shape index (κ2) is 5.57. The van der Waals surface area contributed by atoms with Crippen LogP contribution in [0.4, 0.5) is 5.69 Å². The first-order chi connectivity index (χ1) is 6.46. The van der Waals surface area contributed by atoms with Crippen LogP contribution in [0.5, 0.6) is 5.75 Å². The van der Waals surface area contributed by atoms with Crippen LogP contribution in [0.25, 0.3) is 5.53 Å². The molecule has 0 bridgehead atoms. The topological polar surface area (TPSA) is 88.9 Å². The van der Waals surface area contributed by atoms with E-state index in [1.165, 1.54) is 25.3 Å². The van der Waals surface area contributed by atoms with Gasteiger partial charge in [0.25, 0.3) is 5.69 Å². The van der Waals surface area contributed by atoms with E-state index in [9.17, 15) is 8.42 Å². The van der Waals surface area contributed by atoms with Gasteiger partial charge in [0.05, 0.1) is 7.11 Å². The first-order valence-electron chi connectivity index (χ1n) is 3.56. The molecule has 0 unspecified atom stereocenters. The molecule has 0 aliphatic carbocycles. The van der Waals surface area contributed by atoms with Crippen LogP contribution in [-0.2, 0) is 10.3 Å². The molecule has 0 aliphatic heterocycles. The van der Waals surface area contributed by atoms with E-state index in [4.69, 9.17) is 14.8 Å². The third-order valence-corrected chi connectivity index (χ3v) is 2.14. The van der Waals surface area contributed by atoms with Crippen molar-refractivity contribution in [3.63, 3.8) is 0 Å². The Bertz CT molecular complexity index is 465. The summed E-state index contributed by atoms with van der Waals surface area (Å²) in [5, 5.41) is 0. The number of methoxy groups -OCH3 is 1. The van der Waals surface area contributed by atoms with Gasteiger partial charge in [0.2, 0.25) is 0 Å². The van der Waals surface area contributed by atoms with Crippen LogP contribution in [0.3, 0.4) is 0 Å². The van der Waals surface area contributed by atoms with Crippen molar-refractivity contribution in [2.75, 3.05) is 7.11 Å². The molecular weight excluding hydrogens is 231 g/mol. The van der Waals surface area contributed by atoms with Crippen LogP contribution < -0.4 is 34.3 Å². The van der Waals surface area contributed by atoms with Crippen LogP contribution in [-0.4, -0.2) is 24.2 Å². The smallest absolute Gasteiger partial charge is 1.00 e. The summed E-state index contributed by atoms with van der Waals surface area (Å²) in [5.41, 5.74) is 8.93. The summed E-state index contributed by atoms with van der Waals surface area (Å²) in [6.07, 6.45) is 0. The Labute approximate surface area is 111 Å². The molecular formula is C7H9N2NaO4S. The average molecular weight is 240 g/mol. The molecule has 1 N–H and O–H groups in total. The van der Waals surface area contributed by atoms with Crippen molar-refractivity contribution >= 4 is 16.0 Å².